The van der Waals surface area contributed by atoms with Crippen LogP contribution in [0, 0.1) is 11.8 Å². The fourth-order valence-corrected chi connectivity index (χ4v) is 3.55. The number of thioether (sulfide) groups is 1. The predicted molar refractivity (Wildman–Crippen MR) is 82.1 cm³/mol. The van der Waals surface area contributed by atoms with Crippen LogP contribution in [0.5, 0.6) is 0 Å². The Morgan fingerprint density at radius 3 is 2.65 bits per heavy atom. The van der Waals surface area contributed by atoms with Gasteiger partial charge in [-0.2, -0.15) is 0 Å². The lowest BCUT2D eigenvalue weighted by Gasteiger charge is -2.42. The van der Waals surface area contributed by atoms with Crippen molar-refractivity contribution in [1.29, 1.82) is 0 Å². The van der Waals surface area contributed by atoms with E-state index in [9.17, 15) is 4.79 Å². The Labute approximate surface area is 124 Å². The van der Waals surface area contributed by atoms with E-state index in [2.05, 4.69) is 10.3 Å². The molecule has 0 radical (unpaired) electrons. The van der Waals surface area contributed by atoms with Crippen molar-refractivity contribution in [3.05, 3.63) is 18.3 Å². The van der Waals surface area contributed by atoms with Crippen molar-refractivity contribution < 1.29 is 4.79 Å². The molecule has 2 heterocycles. The molecule has 0 unspecified atom stereocenters. The average Bonchev–Trinajstić information content (AvgIpc) is 2.91. The molecule has 0 aromatic carbocycles. The number of amides is 2. The third kappa shape index (κ3) is 2.92. The first-order valence-electron chi connectivity index (χ1n) is 7.32. The fourth-order valence-electron chi connectivity index (χ4n) is 3.18. The molecule has 2 fully saturated rings. The standard InChI is InChI=1S/C15H21N3OS/c1-20-14-7-6-13(8-16-14)17-15(19)18-9-12(10-18)11-4-2-3-5-11/h6-8,11-12H,2-5,9-10H2,1H3,(H,17,19). The molecule has 2 aliphatic rings. The summed E-state index contributed by atoms with van der Waals surface area (Å²) >= 11 is 1.60. The predicted octanol–water partition coefficient (Wildman–Crippen LogP) is 3.46. The van der Waals surface area contributed by atoms with Gasteiger partial charge in [0.05, 0.1) is 16.9 Å². The molecule has 0 spiro atoms. The third-order valence-corrected chi connectivity index (χ3v) is 5.12. The molecular formula is C15H21N3OS. The first-order chi connectivity index (χ1) is 9.76. The van der Waals surface area contributed by atoms with Gasteiger partial charge in [-0.3, -0.25) is 0 Å². The van der Waals surface area contributed by atoms with Gasteiger partial charge in [0, 0.05) is 13.1 Å². The lowest BCUT2D eigenvalue weighted by Crippen LogP contribution is -2.53. The summed E-state index contributed by atoms with van der Waals surface area (Å²) in [7, 11) is 0. The molecule has 2 amide bonds. The second-order valence-corrected chi connectivity index (χ2v) is 6.56. The SMILES string of the molecule is CSc1ccc(NC(=O)N2CC(C3CCCC3)C2)cn1. The van der Waals surface area contributed by atoms with Gasteiger partial charge >= 0.3 is 6.03 Å². The van der Waals surface area contributed by atoms with Gasteiger partial charge in [-0.1, -0.05) is 25.7 Å². The van der Waals surface area contributed by atoms with E-state index in [0.29, 0.717) is 0 Å². The number of carbonyl (C=O) groups excluding carboxylic acids is 1. The fraction of sp³-hybridized carbons (Fsp3) is 0.600. The number of carbonyl (C=O) groups is 1. The Morgan fingerprint density at radius 2 is 2.05 bits per heavy atom. The number of rotatable bonds is 3. The van der Waals surface area contributed by atoms with Crippen molar-refractivity contribution in [2.75, 3.05) is 24.7 Å². The molecule has 1 aliphatic carbocycles. The van der Waals surface area contributed by atoms with Gasteiger partial charge in [0.2, 0.25) is 0 Å². The normalized spacial score (nSPS) is 19.9. The Hall–Kier alpha value is -1.23. The molecule has 3 rings (SSSR count). The lowest BCUT2D eigenvalue weighted by molar-refractivity contribution is 0.0927. The number of hydrogen-bond donors (Lipinski definition) is 1. The monoisotopic (exact) mass is 291 g/mol. The molecular weight excluding hydrogens is 270 g/mol. The number of aromatic nitrogens is 1. The van der Waals surface area contributed by atoms with Crippen molar-refractivity contribution in [1.82, 2.24) is 9.88 Å². The molecule has 0 atom stereocenters. The molecule has 1 N–H and O–H groups in total. The highest BCUT2D eigenvalue weighted by molar-refractivity contribution is 7.98. The first kappa shape index (κ1) is 13.7. The van der Waals surface area contributed by atoms with Gasteiger partial charge in [0.25, 0.3) is 0 Å². The zero-order chi connectivity index (χ0) is 13.9. The van der Waals surface area contributed by atoms with E-state index < -0.39 is 0 Å². The van der Waals surface area contributed by atoms with E-state index in [1.54, 1.807) is 18.0 Å². The molecule has 1 aromatic heterocycles. The van der Waals surface area contributed by atoms with E-state index in [4.69, 9.17) is 0 Å². The zero-order valence-corrected chi connectivity index (χ0v) is 12.7. The van der Waals surface area contributed by atoms with Gasteiger partial charge in [-0.05, 0) is 30.2 Å². The maximum Gasteiger partial charge on any atom is 0.321 e. The quantitative estimate of drug-likeness (QED) is 0.867. The first-order valence-corrected chi connectivity index (χ1v) is 8.54. The van der Waals surface area contributed by atoms with Crippen molar-refractivity contribution in [3.8, 4) is 0 Å². The molecule has 1 aliphatic heterocycles. The van der Waals surface area contributed by atoms with Crippen LogP contribution in [-0.2, 0) is 0 Å². The average molecular weight is 291 g/mol. The smallest absolute Gasteiger partial charge is 0.321 e. The van der Waals surface area contributed by atoms with E-state index in [-0.39, 0.29) is 6.03 Å². The van der Waals surface area contributed by atoms with Crippen molar-refractivity contribution in [2.45, 2.75) is 30.7 Å². The summed E-state index contributed by atoms with van der Waals surface area (Å²) in [5.41, 5.74) is 0.775. The number of nitrogens with one attached hydrogen (secondary N) is 1. The van der Waals surface area contributed by atoms with Crippen molar-refractivity contribution >= 4 is 23.5 Å². The molecule has 0 bridgehead atoms. The van der Waals surface area contributed by atoms with Crippen LogP contribution >= 0.6 is 11.8 Å². The minimum absolute atomic E-state index is 0.0120. The largest absolute Gasteiger partial charge is 0.324 e. The lowest BCUT2D eigenvalue weighted by atomic mass is 9.85. The molecule has 108 valence electrons. The van der Waals surface area contributed by atoms with Crippen molar-refractivity contribution in [3.63, 3.8) is 0 Å². The number of anilines is 1. The second-order valence-electron chi connectivity index (χ2n) is 5.73. The Balaban J connectivity index is 1.48. The minimum atomic E-state index is 0.0120. The maximum absolute atomic E-state index is 12.1. The van der Waals surface area contributed by atoms with Crippen molar-refractivity contribution in [2.24, 2.45) is 11.8 Å². The van der Waals surface area contributed by atoms with Crippen LogP contribution < -0.4 is 5.32 Å². The summed E-state index contributed by atoms with van der Waals surface area (Å²) in [6, 6.07) is 3.85. The third-order valence-electron chi connectivity index (χ3n) is 4.46. The van der Waals surface area contributed by atoms with E-state index >= 15 is 0 Å². The summed E-state index contributed by atoms with van der Waals surface area (Å²) in [4.78, 5) is 18.3. The van der Waals surface area contributed by atoms with Crippen LogP contribution in [0.15, 0.2) is 23.4 Å². The number of nitrogens with zero attached hydrogens (tertiary/aromatic N) is 2. The summed E-state index contributed by atoms with van der Waals surface area (Å²) in [6.45, 7) is 1.85. The van der Waals surface area contributed by atoms with Gasteiger partial charge in [-0.15, -0.1) is 11.8 Å². The van der Waals surface area contributed by atoms with Crippen LogP contribution in [0.1, 0.15) is 25.7 Å². The molecule has 1 saturated heterocycles. The van der Waals surface area contributed by atoms with Gasteiger partial charge < -0.3 is 10.2 Å². The maximum atomic E-state index is 12.1. The Morgan fingerprint density at radius 1 is 1.30 bits per heavy atom. The van der Waals surface area contributed by atoms with Crippen LogP contribution in [0.4, 0.5) is 10.5 Å². The summed E-state index contributed by atoms with van der Waals surface area (Å²) in [6.07, 6.45) is 9.18. The highest BCUT2D eigenvalue weighted by atomic mass is 32.2. The van der Waals surface area contributed by atoms with Gasteiger partial charge in [0.1, 0.15) is 0 Å². The number of likely N-dealkylation sites (tertiary alicyclic amines) is 1. The number of urea groups is 1. The summed E-state index contributed by atoms with van der Waals surface area (Å²) in [5.74, 6) is 1.60. The van der Waals surface area contributed by atoms with Crippen LogP contribution in [-0.4, -0.2) is 35.3 Å². The topological polar surface area (TPSA) is 45.2 Å². The Bertz CT molecular complexity index is 465. The molecule has 1 saturated carbocycles. The molecule has 5 heteroatoms. The van der Waals surface area contributed by atoms with E-state index in [1.807, 2.05) is 23.3 Å². The van der Waals surface area contributed by atoms with Crippen LogP contribution in [0.2, 0.25) is 0 Å². The molecule has 4 nitrogen and oxygen atoms in total. The second kappa shape index (κ2) is 6.04. The molecule has 1 aromatic rings. The zero-order valence-electron chi connectivity index (χ0n) is 11.8. The van der Waals surface area contributed by atoms with Gasteiger partial charge in [-0.25, -0.2) is 9.78 Å². The van der Waals surface area contributed by atoms with Crippen LogP contribution in [0.3, 0.4) is 0 Å². The highest BCUT2D eigenvalue weighted by Crippen LogP contribution is 2.36. The van der Waals surface area contributed by atoms with E-state index in [1.165, 1.54) is 25.7 Å². The van der Waals surface area contributed by atoms with Crippen LogP contribution in [0.25, 0.3) is 0 Å². The highest BCUT2D eigenvalue weighted by Gasteiger charge is 2.37. The van der Waals surface area contributed by atoms with E-state index in [0.717, 1.165) is 35.6 Å². The minimum Gasteiger partial charge on any atom is -0.324 e. The summed E-state index contributed by atoms with van der Waals surface area (Å²) < 4.78 is 0. The molecule has 20 heavy (non-hydrogen) atoms. The number of pyridine rings is 1. The number of hydrogen-bond acceptors (Lipinski definition) is 3. The summed E-state index contributed by atoms with van der Waals surface area (Å²) in [5, 5.41) is 3.89. The Kier molecular flexibility index (Phi) is 4.15. The van der Waals surface area contributed by atoms with Gasteiger partial charge in [0.15, 0.2) is 0 Å².